The van der Waals surface area contributed by atoms with Crippen LogP contribution in [0.5, 0.6) is 0 Å². The first kappa shape index (κ1) is 17.2. The number of hydrogen-bond acceptors (Lipinski definition) is 5. The fourth-order valence-electron chi connectivity index (χ4n) is 2.70. The normalized spacial score (nSPS) is 21.7. The molecule has 1 aliphatic rings. The quantitative estimate of drug-likeness (QED) is 0.637. The first-order valence-electron chi connectivity index (χ1n) is 7.62. The summed E-state index contributed by atoms with van der Waals surface area (Å²) in [5, 5.41) is 16.1. The number of urea groups is 1. The molecule has 23 heavy (non-hydrogen) atoms. The van der Waals surface area contributed by atoms with E-state index < -0.39 is 11.0 Å². The second-order valence-electron chi connectivity index (χ2n) is 5.67. The molecule has 0 spiro atoms. The number of nitro groups is 1. The smallest absolute Gasteiger partial charge is 0.319 e. The number of anilines is 1. The maximum absolute atomic E-state index is 11.9. The fourth-order valence-corrected chi connectivity index (χ4v) is 2.70. The molecule has 1 fully saturated rings. The topological polar surface area (TPSA) is 96.7 Å². The van der Waals surface area contributed by atoms with Crippen LogP contribution in [0.2, 0.25) is 0 Å². The third kappa shape index (κ3) is 5.19. The van der Waals surface area contributed by atoms with Crippen LogP contribution in [-0.2, 0) is 4.74 Å². The number of nitrogens with zero attached hydrogens (tertiary/aromatic N) is 2. The van der Waals surface area contributed by atoms with Gasteiger partial charge in [0, 0.05) is 32.2 Å². The molecule has 2 rings (SSSR count). The van der Waals surface area contributed by atoms with Crippen LogP contribution >= 0.6 is 0 Å². The molecule has 2 amide bonds. The fraction of sp³-hybridized carbons (Fsp3) is 0.533. The van der Waals surface area contributed by atoms with Crippen LogP contribution in [0, 0.1) is 10.1 Å². The zero-order valence-electron chi connectivity index (χ0n) is 13.3. The zero-order chi connectivity index (χ0) is 16.8. The number of para-hydroxylation sites is 2. The summed E-state index contributed by atoms with van der Waals surface area (Å²) >= 11 is 0. The molecule has 1 aromatic rings. The van der Waals surface area contributed by atoms with Crippen molar-refractivity contribution < 1.29 is 14.5 Å². The predicted octanol–water partition coefficient (Wildman–Crippen LogP) is 1.83. The minimum Gasteiger partial charge on any atom is -0.373 e. The maximum atomic E-state index is 11.9. The van der Waals surface area contributed by atoms with Gasteiger partial charge in [0.1, 0.15) is 5.69 Å². The summed E-state index contributed by atoms with van der Waals surface area (Å²) in [4.78, 5) is 24.5. The number of amides is 2. The van der Waals surface area contributed by atoms with Crippen molar-refractivity contribution in [2.24, 2.45) is 0 Å². The largest absolute Gasteiger partial charge is 0.373 e. The zero-order valence-corrected chi connectivity index (χ0v) is 13.3. The minimum absolute atomic E-state index is 0.126. The van der Waals surface area contributed by atoms with Gasteiger partial charge in [-0.05, 0) is 19.9 Å². The number of ether oxygens (including phenoxy) is 1. The Morgan fingerprint density at radius 2 is 2.00 bits per heavy atom. The molecule has 0 radical (unpaired) electrons. The lowest BCUT2D eigenvalue weighted by molar-refractivity contribution is -0.383. The van der Waals surface area contributed by atoms with E-state index in [2.05, 4.69) is 15.5 Å². The first-order chi connectivity index (χ1) is 11.0. The van der Waals surface area contributed by atoms with E-state index in [-0.39, 0.29) is 23.6 Å². The molecular weight excluding hydrogens is 300 g/mol. The molecule has 1 saturated heterocycles. The average Bonchev–Trinajstić information content (AvgIpc) is 2.46. The lowest BCUT2D eigenvalue weighted by atomic mass is 10.2. The van der Waals surface area contributed by atoms with Gasteiger partial charge in [-0.1, -0.05) is 12.1 Å². The number of morpholine rings is 1. The van der Waals surface area contributed by atoms with Gasteiger partial charge in [-0.2, -0.15) is 0 Å². The van der Waals surface area contributed by atoms with Crippen molar-refractivity contribution in [3.63, 3.8) is 0 Å². The lowest BCUT2D eigenvalue weighted by Crippen LogP contribution is -2.48. The van der Waals surface area contributed by atoms with Crippen molar-refractivity contribution >= 4 is 17.4 Å². The monoisotopic (exact) mass is 322 g/mol. The Labute approximate surface area is 134 Å². The average molecular weight is 322 g/mol. The van der Waals surface area contributed by atoms with Gasteiger partial charge >= 0.3 is 6.03 Å². The third-order valence-corrected chi connectivity index (χ3v) is 3.56. The summed E-state index contributed by atoms with van der Waals surface area (Å²) in [6.07, 6.45) is 0.360. The number of carbonyl (C=O) groups excluding carboxylic acids is 1. The number of nitrogens with one attached hydrogen (secondary N) is 2. The minimum atomic E-state index is -0.522. The van der Waals surface area contributed by atoms with Gasteiger partial charge in [-0.25, -0.2) is 4.79 Å². The molecule has 0 bridgehead atoms. The molecule has 8 nitrogen and oxygen atoms in total. The SMILES string of the molecule is C[C@@H]1CN(CCNC(=O)Nc2ccccc2[N+](=O)[O-])C[C@H](C)O1. The molecule has 8 heteroatoms. The Kier molecular flexibility index (Phi) is 5.89. The van der Waals surface area contributed by atoms with E-state index in [1.807, 2.05) is 13.8 Å². The Bertz CT molecular complexity index is 556. The second-order valence-corrected chi connectivity index (χ2v) is 5.67. The molecule has 1 heterocycles. The number of hydrogen-bond donors (Lipinski definition) is 2. The Morgan fingerprint density at radius 1 is 1.35 bits per heavy atom. The van der Waals surface area contributed by atoms with Crippen LogP contribution in [0.3, 0.4) is 0 Å². The van der Waals surface area contributed by atoms with E-state index in [0.717, 1.165) is 13.1 Å². The summed E-state index contributed by atoms with van der Waals surface area (Å²) in [5.74, 6) is 0. The highest BCUT2D eigenvalue weighted by Crippen LogP contribution is 2.22. The molecule has 0 aromatic heterocycles. The molecular formula is C15H22N4O4. The molecule has 2 N–H and O–H groups in total. The van der Waals surface area contributed by atoms with Gasteiger partial charge in [0.25, 0.3) is 5.69 Å². The summed E-state index contributed by atoms with van der Waals surface area (Å²) in [6, 6.07) is 5.60. The van der Waals surface area contributed by atoms with Gasteiger partial charge in [0.05, 0.1) is 17.1 Å². The van der Waals surface area contributed by atoms with Crippen LogP contribution < -0.4 is 10.6 Å². The van der Waals surface area contributed by atoms with E-state index >= 15 is 0 Å². The Balaban J connectivity index is 1.78. The first-order valence-corrected chi connectivity index (χ1v) is 7.62. The Hall–Kier alpha value is -2.19. The molecule has 1 aliphatic heterocycles. The van der Waals surface area contributed by atoms with E-state index in [1.165, 1.54) is 12.1 Å². The van der Waals surface area contributed by atoms with Gasteiger partial charge < -0.3 is 15.4 Å². The summed E-state index contributed by atoms with van der Waals surface area (Å²) in [5.41, 5.74) is 0.0575. The van der Waals surface area contributed by atoms with Gasteiger partial charge in [-0.3, -0.25) is 15.0 Å². The van der Waals surface area contributed by atoms with Crippen molar-refractivity contribution in [1.82, 2.24) is 10.2 Å². The van der Waals surface area contributed by atoms with Crippen molar-refractivity contribution in [2.75, 3.05) is 31.5 Å². The van der Waals surface area contributed by atoms with Crippen LogP contribution in [0.25, 0.3) is 0 Å². The highest BCUT2D eigenvalue weighted by atomic mass is 16.6. The van der Waals surface area contributed by atoms with Gasteiger partial charge in [0.15, 0.2) is 0 Å². The molecule has 0 saturated carbocycles. The Morgan fingerprint density at radius 3 is 2.65 bits per heavy atom. The van der Waals surface area contributed by atoms with Gasteiger partial charge in [0.2, 0.25) is 0 Å². The van der Waals surface area contributed by atoms with Crippen molar-refractivity contribution in [1.29, 1.82) is 0 Å². The maximum Gasteiger partial charge on any atom is 0.319 e. The van der Waals surface area contributed by atoms with E-state index in [9.17, 15) is 14.9 Å². The standard InChI is InChI=1S/C15H22N4O4/c1-11-9-18(10-12(2)23-11)8-7-16-15(20)17-13-5-3-4-6-14(13)19(21)22/h3-6,11-12H,7-10H2,1-2H3,(H2,16,17,20)/t11-,12+. The van der Waals surface area contributed by atoms with E-state index in [0.29, 0.717) is 13.1 Å². The van der Waals surface area contributed by atoms with Crippen LogP contribution in [0.4, 0.5) is 16.2 Å². The lowest BCUT2D eigenvalue weighted by Gasteiger charge is -2.35. The highest BCUT2D eigenvalue weighted by Gasteiger charge is 2.21. The van der Waals surface area contributed by atoms with E-state index in [4.69, 9.17) is 4.74 Å². The summed E-state index contributed by atoms with van der Waals surface area (Å²) < 4.78 is 5.65. The summed E-state index contributed by atoms with van der Waals surface area (Å²) in [7, 11) is 0. The highest BCUT2D eigenvalue weighted by molar-refractivity contribution is 5.91. The molecule has 0 unspecified atom stereocenters. The molecule has 126 valence electrons. The summed E-state index contributed by atoms with van der Waals surface area (Å²) in [6.45, 7) is 6.89. The van der Waals surface area contributed by atoms with Crippen LogP contribution in [0.1, 0.15) is 13.8 Å². The number of carbonyl (C=O) groups is 1. The predicted molar refractivity (Wildman–Crippen MR) is 86.6 cm³/mol. The van der Waals surface area contributed by atoms with Gasteiger partial charge in [-0.15, -0.1) is 0 Å². The van der Waals surface area contributed by atoms with E-state index in [1.54, 1.807) is 12.1 Å². The van der Waals surface area contributed by atoms with Crippen LogP contribution in [-0.4, -0.2) is 54.2 Å². The van der Waals surface area contributed by atoms with Crippen molar-refractivity contribution in [2.45, 2.75) is 26.1 Å². The molecule has 0 aliphatic carbocycles. The number of benzene rings is 1. The molecule has 2 atom stereocenters. The molecule has 1 aromatic carbocycles. The number of rotatable bonds is 5. The third-order valence-electron chi connectivity index (χ3n) is 3.56. The second kappa shape index (κ2) is 7.89. The number of nitro benzene ring substituents is 1. The van der Waals surface area contributed by atoms with Crippen molar-refractivity contribution in [3.05, 3.63) is 34.4 Å². The van der Waals surface area contributed by atoms with Crippen LogP contribution in [0.15, 0.2) is 24.3 Å². The van der Waals surface area contributed by atoms with Crippen molar-refractivity contribution in [3.8, 4) is 0 Å².